The first-order valence-corrected chi connectivity index (χ1v) is 6.90. The number of nitrogens with zero attached hydrogens (tertiary/aromatic N) is 6. The monoisotopic (exact) mass is 318 g/mol. The number of aromatic nitrogens is 6. The molecule has 0 spiro atoms. The summed E-state index contributed by atoms with van der Waals surface area (Å²) in [5, 5.41) is 2.54. The van der Waals surface area contributed by atoms with Gasteiger partial charge in [0.05, 0.1) is 10.8 Å². The van der Waals surface area contributed by atoms with E-state index in [1.54, 1.807) is 0 Å². The zero-order valence-electron chi connectivity index (χ0n) is 10.6. The van der Waals surface area contributed by atoms with Gasteiger partial charge in [-0.25, -0.2) is 19.9 Å². The minimum absolute atomic E-state index is 0.446. The molecule has 0 atom stereocenters. The molecule has 8 heteroatoms. The summed E-state index contributed by atoms with van der Waals surface area (Å²) in [4.78, 5) is 16.5. The van der Waals surface area contributed by atoms with Crippen molar-refractivity contribution in [2.75, 3.05) is 0 Å². The van der Waals surface area contributed by atoms with Gasteiger partial charge in [0.2, 0.25) is 0 Å². The van der Waals surface area contributed by atoms with Crippen molar-refractivity contribution in [2.24, 2.45) is 0 Å². The van der Waals surface area contributed by atoms with E-state index in [0.717, 1.165) is 22.1 Å². The predicted octanol–water partition coefficient (Wildman–Crippen LogP) is 2.99. The Bertz CT molecular complexity index is 880. The summed E-state index contributed by atoms with van der Waals surface area (Å²) in [5.74, 6) is 0. The molecule has 6 nitrogen and oxygen atoms in total. The summed E-state index contributed by atoms with van der Waals surface area (Å²) >= 11 is 12.1. The molecule has 0 aromatic carbocycles. The molecule has 0 radical (unpaired) electrons. The summed E-state index contributed by atoms with van der Waals surface area (Å²) in [6.07, 6.45) is 6.74. The van der Waals surface area contributed by atoms with E-state index in [1.807, 2.05) is 33.7 Å². The molecule has 0 fully saturated rings. The Morgan fingerprint density at radius 3 is 1.71 bits per heavy atom. The van der Waals surface area contributed by atoms with Gasteiger partial charge in [-0.3, -0.25) is 0 Å². The van der Waals surface area contributed by atoms with Crippen LogP contribution >= 0.6 is 23.2 Å². The molecule has 0 saturated heterocycles. The average molecular weight is 319 g/mol. The molecule has 21 heavy (non-hydrogen) atoms. The number of fused-ring (bicyclic) bond motifs is 2. The zero-order chi connectivity index (χ0) is 14.4. The van der Waals surface area contributed by atoms with Crippen LogP contribution in [0.15, 0.2) is 37.2 Å². The van der Waals surface area contributed by atoms with Crippen LogP contribution in [0.5, 0.6) is 0 Å². The highest BCUT2D eigenvalue weighted by Gasteiger charge is 2.10. The van der Waals surface area contributed by atoms with E-state index in [-0.39, 0.29) is 0 Å². The van der Waals surface area contributed by atoms with Crippen LogP contribution in [-0.4, -0.2) is 29.1 Å². The van der Waals surface area contributed by atoms with Crippen LogP contribution in [0.3, 0.4) is 0 Å². The lowest BCUT2D eigenvalue weighted by molar-refractivity contribution is 0.637. The summed E-state index contributed by atoms with van der Waals surface area (Å²) in [6.45, 7) is 0.549. The maximum absolute atomic E-state index is 6.06. The van der Waals surface area contributed by atoms with Gasteiger partial charge in [0.1, 0.15) is 40.9 Å². The van der Waals surface area contributed by atoms with E-state index < -0.39 is 0 Å². The Morgan fingerprint density at radius 1 is 0.762 bits per heavy atom. The lowest BCUT2D eigenvalue weighted by Crippen LogP contribution is -2.07. The Balaban J connectivity index is 1.83. The van der Waals surface area contributed by atoms with Gasteiger partial charge in [-0.05, 0) is 12.1 Å². The Kier molecular flexibility index (Phi) is 2.80. The number of rotatable bonds is 2. The third kappa shape index (κ3) is 1.95. The number of hydrogen-bond donors (Lipinski definition) is 0. The molecule has 4 aromatic heterocycles. The Labute approximate surface area is 129 Å². The third-order valence-corrected chi connectivity index (χ3v) is 3.92. The van der Waals surface area contributed by atoms with Gasteiger partial charge in [-0.15, -0.1) is 0 Å². The predicted molar refractivity (Wildman–Crippen MR) is 80.5 cm³/mol. The zero-order valence-corrected chi connectivity index (χ0v) is 12.1. The average Bonchev–Trinajstić information content (AvgIpc) is 3.07. The molecule has 0 aliphatic carbocycles. The molecule has 4 aromatic rings. The minimum atomic E-state index is 0.446. The highest BCUT2D eigenvalue weighted by atomic mass is 35.5. The van der Waals surface area contributed by atoms with E-state index in [9.17, 15) is 0 Å². The SMILES string of the molecule is Clc1ncnc2c1ccn2Cn1ccc2c(Cl)ncnc21. The second-order valence-electron chi connectivity index (χ2n) is 4.52. The molecule has 0 unspecified atom stereocenters. The van der Waals surface area contributed by atoms with Crippen LogP contribution in [0.1, 0.15) is 0 Å². The van der Waals surface area contributed by atoms with Gasteiger partial charge in [-0.2, -0.15) is 0 Å². The van der Waals surface area contributed by atoms with Crippen LogP contribution < -0.4 is 0 Å². The first kappa shape index (κ1) is 12.6. The molecular weight excluding hydrogens is 311 g/mol. The van der Waals surface area contributed by atoms with Crippen molar-refractivity contribution < 1.29 is 0 Å². The lowest BCUT2D eigenvalue weighted by atomic mass is 10.4. The van der Waals surface area contributed by atoms with Crippen LogP contribution in [-0.2, 0) is 6.67 Å². The summed E-state index contributed by atoms with van der Waals surface area (Å²) < 4.78 is 3.94. The fourth-order valence-electron chi connectivity index (χ4n) is 2.34. The highest BCUT2D eigenvalue weighted by molar-refractivity contribution is 6.34. The number of hydrogen-bond acceptors (Lipinski definition) is 4. The minimum Gasteiger partial charge on any atom is -0.314 e. The molecule has 0 bridgehead atoms. The van der Waals surface area contributed by atoms with E-state index >= 15 is 0 Å². The van der Waals surface area contributed by atoms with Gasteiger partial charge in [0.25, 0.3) is 0 Å². The van der Waals surface area contributed by atoms with Crippen LogP contribution in [0.2, 0.25) is 10.3 Å². The Morgan fingerprint density at radius 2 is 1.24 bits per heavy atom. The van der Waals surface area contributed by atoms with Crippen molar-refractivity contribution in [1.29, 1.82) is 0 Å². The van der Waals surface area contributed by atoms with Crippen molar-refractivity contribution >= 4 is 45.3 Å². The number of halogens is 2. The molecule has 4 rings (SSSR count). The van der Waals surface area contributed by atoms with Crippen molar-refractivity contribution in [1.82, 2.24) is 29.1 Å². The lowest BCUT2D eigenvalue weighted by Gasteiger charge is -2.07. The molecule has 0 aliphatic rings. The van der Waals surface area contributed by atoms with Crippen molar-refractivity contribution in [3.05, 3.63) is 47.5 Å². The third-order valence-electron chi connectivity index (χ3n) is 3.32. The van der Waals surface area contributed by atoms with Gasteiger partial charge in [0, 0.05) is 12.4 Å². The first-order chi connectivity index (χ1) is 10.2. The van der Waals surface area contributed by atoms with Crippen LogP contribution in [0.25, 0.3) is 22.1 Å². The fraction of sp³-hybridized carbons (Fsp3) is 0.0769. The quantitative estimate of drug-likeness (QED) is 0.533. The second-order valence-corrected chi connectivity index (χ2v) is 5.23. The van der Waals surface area contributed by atoms with E-state index in [2.05, 4.69) is 19.9 Å². The van der Waals surface area contributed by atoms with E-state index in [1.165, 1.54) is 12.7 Å². The molecular formula is C13H8Cl2N6. The first-order valence-electron chi connectivity index (χ1n) is 6.15. The van der Waals surface area contributed by atoms with Gasteiger partial charge in [0.15, 0.2) is 0 Å². The Hall–Kier alpha value is -2.18. The summed E-state index contributed by atoms with van der Waals surface area (Å²) in [6, 6.07) is 3.79. The van der Waals surface area contributed by atoms with E-state index in [0.29, 0.717) is 17.0 Å². The molecule has 0 N–H and O–H groups in total. The molecule has 0 saturated carbocycles. The standard InChI is InChI=1S/C13H8Cl2N6/c14-10-8-1-3-20(12(8)18-5-16-10)7-21-4-2-9-11(15)17-6-19-13(9)21/h1-6H,7H2. The second kappa shape index (κ2) is 4.68. The summed E-state index contributed by atoms with van der Waals surface area (Å²) in [7, 11) is 0. The molecule has 0 amide bonds. The maximum atomic E-state index is 6.06. The molecule has 104 valence electrons. The van der Waals surface area contributed by atoms with Crippen molar-refractivity contribution in [3.8, 4) is 0 Å². The smallest absolute Gasteiger partial charge is 0.146 e. The normalized spacial score (nSPS) is 11.5. The van der Waals surface area contributed by atoms with Crippen LogP contribution in [0.4, 0.5) is 0 Å². The van der Waals surface area contributed by atoms with Gasteiger partial charge < -0.3 is 9.13 Å². The molecule has 4 heterocycles. The molecule has 0 aliphatic heterocycles. The largest absolute Gasteiger partial charge is 0.314 e. The van der Waals surface area contributed by atoms with E-state index in [4.69, 9.17) is 23.2 Å². The van der Waals surface area contributed by atoms with Crippen molar-refractivity contribution in [3.63, 3.8) is 0 Å². The van der Waals surface area contributed by atoms with Crippen LogP contribution in [0, 0.1) is 0 Å². The highest BCUT2D eigenvalue weighted by Crippen LogP contribution is 2.23. The van der Waals surface area contributed by atoms with Crippen molar-refractivity contribution in [2.45, 2.75) is 6.67 Å². The van der Waals surface area contributed by atoms with Gasteiger partial charge >= 0.3 is 0 Å². The maximum Gasteiger partial charge on any atom is 0.146 e. The summed E-state index contributed by atoms with van der Waals surface area (Å²) in [5.41, 5.74) is 1.55. The topological polar surface area (TPSA) is 61.4 Å². The van der Waals surface area contributed by atoms with Gasteiger partial charge in [-0.1, -0.05) is 23.2 Å². The fourth-order valence-corrected chi connectivity index (χ4v) is 2.72.